The lowest BCUT2D eigenvalue weighted by molar-refractivity contribution is -0.144. The first-order valence-corrected chi connectivity index (χ1v) is 8.55. The number of pyridine rings is 1. The monoisotopic (exact) mass is 357 g/mol. The minimum Gasteiger partial charge on any atom is -0.465 e. The molecule has 2 heterocycles. The standard InChI is InChI=1S/C19H20ClN3O2/c1-2-25-19(24)16(21)9-14-12-23(17-6-4-3-5-15(14)17)11-13-7-8-18(20)22-10-13/h3-8,10,12,16H,2,9,11,21H2,1H3. The molecule has 3 aromatic rings. The minimum atomic E-state index is -0.670. The van der Waals surface area contributed by atoms with Crippen molar-refractivity contribution in [2.24, 2.45) is 5.73 Å². The smallest absolute Gasteiger partial charge is 0.323 e. The molecule has 1 atom stereocenters. The summed E-state index contributed by atoms with van der Waals surface area (Å²) in [5, 5.41) is 1.56. The van der Waals surface area contributed by atoms with E-state index in [4.69, 9.17) is 22.1 Å². The lowest BCUT2D eigenvalue weighted by atomic mass is 10.1. The molecular weight excluding hydrogens is 338 g/mol. The van der Waals surface area contributed by atoms with Crippen molar-refractivity contribution >= 4 is 28.5 Å². The maximum absolute atomic E-state index is 11.8. The largest absolute Gasteiger partial charge is 0.465 e. The van der Waals surface area contributed by atoms with Gasteiger partial charge in [-0.1, -0.05) is 35.9 Å². The van der Waals surface area contributed by atoms with Crippen molar-refractivity contribution in [2.75, 3.05) is 6.61 Å². The van der Waals surface area contributed by atoms with Gasteiger partial charge in [-0.3, -0.25) is 4.79 Å². The molecule has 0 aliphatic carbocycles. The quantitative estimate of drug-likeness (QED) is 0.543. The Balaban J connectivity index is 1.90. The second kappa shape index (κ2) is 7.68. The van der Waals surface area contributed by atoms with Crippen LogP contribution in [0.25, 0.3) is 10.9 Å². The fourth-order valence-corrected chi connectivity index (χ4v) is 2.99. The maximum Gasteiger partial charge on any atom is 0.323 e. The van der Waals surface area contributed by atoms with E-state index in [0.717, 1.165) is 22.0 Å². The van der Waals surface area contributed by atoms with E-state index in [1.165, 1.54) is 0 Å². The second-order valence-corrected chi connectivity index (χ2v) is 6.24. The van der Waals surface area contributed by atoms with E-state index >= 15 is 0 Å². The molecule has 0 spiro atoms. The van der Waals surface area contributed by atoms with E-state index in [9.17, 15) is 4.79 Å². The summed E-state index contributed by atoms with van der Waals surface area (Å²) in [6.45, 7) is 2.77. The molecule has 6 heteroatoms. The summed E-state index contributed by atoms with van der Waals surface area (Å²) in [4.78, 5) is 16.0. The highest BCUT2D eigenvalue weighted by atomic mass is 35.5. The molecule has 25 heavy (non-hydrogen) atoms. The van der Waals surface area contributed by atoms with E-state index in [-0.39, 0.29) is 5.97 Å². The summed E-state index contributed by atoms with van der Waals surface area (Å²) in [6.07, 6.45) is 4.24. The first-order chi connectivity index (χ1) is 12.1. The summed E-state index contributed by atoms with van der Waals surface area (Å²) in [6, 6.07) is 11.1. The zero-order valence-electron chi connectivity index (χ0n) is 14.0. The summed E-state index contributed by atoms with van der Waals surface area (Å²) in [7, 11) is 0. The molecule has 0 bridgehead atoms. The predicted molar refractivity (Wildman–Crippen MR) is 98.6 cm³/mol. The number of esters is 1. The molecule has 0 amide bonds. The van der Waals surface area contributed by atoms with Gasteiger partial charge in [0.2, 0.25) is 0 Å². The molecule has 0 aliphatic rings. The van der Waals surface area contributed by atoms with Gasteiger partial charge in [0, 0.05) is 36.3 Å². The topological polar surface area (TPSA) is 70.1 Å². The van der Waals surface area contributed by atoms with E-state index in [2.05, 4.69) is 15.6 Å². The number of rotatable bonds is 6. The molecule has 130 valence electrons. The van der Waals surface area contributed by atoms with E-state index in [1.807, 2.05) is 30.5 Å². The van der Waals surface area contributed by atoms with Crippen molar-refractivity contribution in [3.63, 3.8) is 0 Å². The van der Waals surface area contributed by atoms with Gasteiger partial charge >= 0.3 is 5.97 Å². The highest BCUT2D eigenvalue weighted by Crippen LogP contribution is 2.23. The van der Waals surface area contributed by atoms with Crippen molar-refractivity contribution in [1.29, 1.82) is 0 Å². The summed E-state index contributed by atoms with van der Waals surface area (Å²) >= 11 is 5.85. The highest BCUT2D eigenvalue weighted by Gasteiger charge is 2.18. The van der Waals surface area contributed by atoms with Crippen LogP contribution < -0.4 is 5.73 Å². The number of nitrogens with zero attached hydrogens (tertiary/aromatic N) is 2. The summed E-state index contributed by atoms with van der Waals surface area (Å²) in [5.74, 6) is -0.374. The first kappa shape index (κ1) is 17.5. The molecular formula is C19H20ClN3O2. The van der Waals surface area contributed by atoms with Crippen LogP contribution >= 0.6 is 11.6 Å². The van der Waals surface area contributed by atoms with Crippen LogP contribution in [0.5, 0.6) is 0 Å². The Morgan fingerprint density at radius 1 is 1.32 bits per heavy atom. The number of halogens is 1. The van der Waals surface area contributed by atoms with Crippen LogP contribution in [0, 0.1) is 0 Å². The number of aromatic nitrogens is 2. The molecule has 0 aliphatic heterocycles. The Labute approximate surface area is 151 Å². The highest BCUT2D eigenvalue weighted by molar-refractivity contribution is 6.29. The van der Waals surface area contributed by atoms with Gasteiger partial charge in [0.25, 0.3) is 0 Å². The van der Waals surface area contributed by atoms with E-state index in [0.29, 0.717) is 24.7 Å². The van der Waals surface area contributed by atoms with Gasteiger partial charge in [-0.05, 0) is 30.2 Å². The Kier molecular flexibility index (Phi) is 5.36. The fourth-order valence-electron chi connectivity index (χ4n) is 2.88. The lowest BCUT2D eigenvalue weighted by Gasteiger charge is -2.09. The van der Waals surface area contributed by atoms with Crippen LogP contribution in [0.4, 0.5) is 0 Å². The number of benzene rings is 1. The zero-order chi connectivity index (χ0) is 17.8. The van der Waals surface area contributed by atoms with Crippen LogP contribution in [-0.2, 0) is 22.5 Å². The number of ether oxygens (including phenoxy) is 1. The number of carbonyl (C=O) groups is 1. The second-order valence-electron chi connectivity index (χ2n) is 5.85. The predicted octanol–water partition coefficient (Wildman–Crippen LogP) is 3.17. The molecule has 0 fully saturated rings. The zero-order valence-corrected chi connectivity index (χ0v) is 14.7. The third kappa shape index (κ3) is 4.00. The van der Waals surface area contributed by atoms with Gasteiger partial charge in [0.15, 0.2) is 0 Å². The molecule has 0 saturated carbocycles. The molecule has 0 saturated heterocycles. The minimum absolute atomic E-state index is 0.331. The molecule has 2 N–H and O–H groups in total. The van der Waals surface area contributed by atoms with Gasteiger partial charge in [-0.2, -0.15) is 0 Å². The third-order valence-electron chi connectivity index (χ3n) is 4.04. The Hall–Kier alpha value is -2.37. The van der Waals surface area contributed by atoms with Gasteiger partial charge in [-0.25, -0.2) is 4.98 Å². The van der Waals surface area contributed by atoms with Crippen LogP contribution in [0.15, 0.2) is 48.8 Å². The molecule has 2 aromatic heterocycles. The van der Waals surface area contributed by atoms with Gasteiger partial charge in [0.1, 0.15) is 11.2 Å². The third-order valence-corrected chi connectivity index (χ3v) is 4.27. The first-order valence-electron chi connectivity index (χ1n) is 8.18. The van der Waals surface area contributed by atoms with Crippen molar-refractivity contribution in [1.82, 2.24) is 9.55 Å². The number of carbonyl (C=O) groups excluding carboxylic acids is 1. The van der Waals surface area contributed by atoms with Crippen molar-refractivity contribution in [3.8, 4) is 0 Å². The van der Waals surface area contributed by atoms with Crippen molar-refractivity contribution in [2.45, 2.75) is 25.9 Å². The van der Waals surface area contributed by atoms with Crippen LogP contribution in [0.3, 0.4) is 0 Å². The molecule has 1 unspecified atom stereocenters. The fraction of sp³-hybridized carbons (Fsp3) is 0.263. The van der Waals surface area contributed by atoms with Crippen molar-refractivity contribution in [3.05, 3.63) is 65.1 Å². The van der Waals surface area contributed by atoms with Crippen LogP contribution in [-0.4, -0.2) is 28.2 Å². The molecule has 0 radical (unpaired) electrons. The van der Waals surface area contributed by atoms with Gasteiger partial charge in [0.05, 0.1) is 6.61 Å². The van der Waals surface area contributed by atoms with Crippen LogP contribution in [0.2, 0.25) is 5.15 Å². The Bertz CT molecular complexity index is 874. The summed E-state index contributed by atoms with van der Waals surface area (Å²) < 4.78 is 7.14. The average Bonchev–Trinajstić information content (AvgIpc) is 2.95. The SMILES string of the molecule is CCOC(=O)C(N)Cc1cn(Cc2ccc(Cl)nc2)c2ccccc12. The number of para-hydroxylation sites is 1. The average molecular weight is 358 g/mol. The van der Waals surface area contributed by atoms with Crippen molar-refractivity contribution < 1.29 is 9.53 Å². The Morgan fingerprint density at radius 3 is 2.84 bits per heavy atom. The summed E-state index contributed by atoms with van der Waals surface area (Å²) in [5.41, 5.74) is 9.16. The van der Waals surface area contributed by atoms with Gasteiger partial charge in [-0.15, -0.1) is 0 Å². The molecule has 1 aromatic carbocycles. The normalized spacial score (nSPS) is 12.3. The number of hydrogen-bond donors (Lipinski definition) is 1. The number of fused-ring (bicyclic) bond motifs is 1. The van der Waals surface area contributed by atoms with Gasteiger partial charge < -0.3 is 15.0 Å². The molecule has 3 rings (SSSR count). The van der Waals surface area contributed by atoms with E-state index in [1.54, 1.807) is 19.2 Å². The van der Waals surface area contributed by atoms with Crippen LogP contribution in [0.1, 0.15) is 18.1 Å². The molecule has 5 nitrogen and oxygen atoms in total. The van der Waals surface area contributed by atoms with E-state index < -0.39 is 6.04 Å². The lowest BCUT2D eigenvalue weighted by Crippen LogP contribution is -2.34. The Morgan fingerprint density at radius 2 is 2.12 bits per heavy atom. The maximum atomic E-state index is 11.8. The number of nitrogens with two attached hydrogens (primary N) is 1. The number of hydrogen-bond acceptors (Lipinski definition) is 4.